The Labute approximate surface area is 101 Å². The lowest BCUT2D eigenvalue weighted by Gasteiger charge is -2.37. The number of benzene rings is 1. The molecule has 2 rings (SSSR count). The Morgan fingerprint density at radius 1 is 1.35 bits per heavy atom. The van der Waals surface area contributed by atoms with Crippen LogP contribution in [0.5, 0.6) is 0 Å². The van der Waals surface area contributed by atoms with Gasteiger partial charge in [-0.3, -0.25) is 4.79 Å². The van der Waals surface area contributed by atoms with Crippen molar-refractivity contribution < 1.29 is 9.18 Å². The average molecular weight is 236 g/mol. The number of rotatable bonds is 0. The molecule has 0 spiro atoms. The summed E-state index contributed by atoms with van der Waals surface area (Å²) in [5, 5.41) is 2.64. The number of fused-ring (bicyclic) bond motifs is 1. The molecule has 1 aliphatic heterocycles. The summed E-state index contributed by atoms with van der Waals surface area (Å²) >= 11 is 0. The number of para-hydroxylation sites is 1. The zero-order chi connectivity index (χ0) is 12.6. The summed E-state index contributed by atoms with van der Waals surface area (Å²) in [5.74, 6) is -0.518. The van der Waals surface area contributed by atoms with Crippen LogP contribution in [-0.4, -0.2) is 18.0 Å². The Morgan fingerprint density at radius 2 is 2.06 bits per heavy atom. The molecule has 0 unspecified atom stereocenters. The summed E-state index contributed by atoms with van der Waals surface area (Å²) in [6, 6.07) is 4.88. The topological polar surface area (TPSA) is 32.3 Å². The lowest BCUT2D eigenvalue weighted by atomic mass is 10.0. The van der Waals surface area contributed by atoms with Crippen LogP contribution in [0.1, 0.15) is 27.2 Å². The molecule has 1 heterocycles. The summed E-state index contributed by atoms with van der Waals surface area (Å²) < 4.78 is 13.7. The van der Waals surface area contributed by atoms with Gasteiger partial charge in [0.05, 0.1) is 5.69 Å². The van der Waals surface area contributed by atoms with Gasteiger partial charge in [-0.05, 0) is 32.9 Å². The van der Waals surface area contributed by atoms with E-state index in [0.29, 0.717) is 18.7 Å². The second-order valence-corrected chi connectivity index (χ2v) is 5.25. The molecule has 0 radical (unpaired) electrons. The van der Waals surface area contributed by atoms with Gasteiger partial charge in [0, 0.05) is 18.5 Å². The first-order chi connectivity index (χ1) is 7.89. The van der Waals surface area contributed by atoms with E-state index in [9.17, 15) is 9.18 Å². The highest BCUT2D eigenvalue weighted by atomic mass is 19.1. The second-order valence-electron chi connectivity index (χ2n) is 5.25. The summed E-state index contributed by atoms with van der Waals surface area (Å²) in [4.78, 5) is 13.6. The summed E-state index contributed by atoms with van der Waals surface area (Å²) in [6.07, 6.45) is 0.380. The third-order valence-corrected chi connectivity index (χ3v) is 2.92. The van der Waals surface area contributed by atoms with Gasteiger partial charge in [-0.1, -0.05) is 6.07 Å². The first kappa shape index (κ1) is 11.9. The van der Waals surface area contributed by atoms with Crippen molar-refractivity contribution in [2.75, 3.05) is 16.8 Å². The van der Waals surface area contributed by atoms with Crippen LogP contribution in [0.3, 0.4) is 0 Å². The van der Waals surface area contributed by atoms with E-state index in [4.69, 9.17) is 0 Å². The van der Waals surface area contributed by atoms with Gasteiger partial charge < -0.3 is 10.2 Å². The minimum absolute atomic E-state index is 0.136. The van der Waals surface area contributed by atoms with E-state index >= 15 is 0 Å². The van der Waals surface area contributed by atoms with Crippen molar-refractivity contribution >= 4 is 17.3 Å². The number of nitrogens with one attached hydrogen (secondary N) is 1. The van der Waals surface area contributed by atoms with Crippen LogP contribution < -0.4 is 10.2 Å². The SMILES string of the molecule is CC(C)(C)N1CCC(=O)Nc2c(F)cccc21. The predicted molar refractivity (Wildman–Crippen MR) is 66.7 cm³/mol. The standard InChI is InChI=1S/C13H17FN2O/c1-13(2,3)16-8-7-11(17)15-12-9(14)5-4-6-10(12)16/h4-6H,7-8H2,1-3H3,(H,15,17). The van der Waals surface area contributed by atoms with Crippen molar-refractivity contribution in [3.05, 3.63) is 24.0 Å². The number of carbonyl (C=O) groups is 1. The summed E-state index contributed by atoms with van der Waals surface area (Å²) in [5.41, 5.74) is 0.905. The number of halogens is 1. The Bertz CT molecular complexity index is 451. The zero-order valence-electron chi connectivity index (χ0n) is 10.4. The van der Waals surface area contributed by atoms with Crippen LogP contribution in [0.2, 0.25) is 0 Å². The van der Waals surface area contributed by atoms with E-state index in [2.05, 4.69) is 31.0 Å². The van der Waals surface area contributed by atoms with E-state index in [0.717, 1.165) is 5.69 Å². The highest BCUT2D eigenvalue weighted by molar-refractivity contribution is 5.96. The molecule has 0 aliphatic carbocycles. The molecule has 0 saturated carbocycles. The fourth-order valence-corrected chi connectivity index (χ4v) is 2.09. The van der Waals surface area contributed by atoms with Crippen molar-refractivity contribution in [1.29, 1.82) is 0 Å². The molecule has 4 heteroatoms. The monoisotopic (exact) mass is 236 g/mol. The summed E-state index contributed by atoms with van der Waals surface area (Å²) in [6.45, 7) is 6.76. The van der Waals surface area contributed by atoms with Crippen molar-refractivity contribution in [2.45, 2.75) is 32.7 Å². The molecule has 1 amide bonds. The molecule has 1 N–H and O–H groups in total. The van der Waals surface area contributed by atoms with Crippen LogP contribution >= 0.6 is 0 Å². The minimum atomic E-state index is -0.382. The molecular formula is C13H17FN2O. The van der Waals surface area contributed by atoms with Crippen LogP contribution in [0, 0.1) is 5.82 Å². The molecule has 1 aromatic carbocycles. The first-order valence-electron chi connectivity index (χ1n) is 5.75. The number of hydrogen-bond donors (Lipinski definition) is 1. The largest absolute Gasteiger partial charge is 0.364 e. The maximum Gasteiger partial charge on any atom is 0.226 e. The van der Waals surface area contributed by atoms with Crippen molar-refractivity contribution in [2.24, 2.45) is 0 Å². The molecule has 1 aromatic rings. The molecule has 0 fully saturated rings. The van der Waals surface area contributed by atoms with Gasteiger partial charge in [-0.2, -0.15) is 0 Å². The van der Waals surface area contributed by atoms with Gasteiger partial charge in [0.15, 0.2) is 0 Å². The molecule has 3 nitrogen and oxygen atoms in total. The third-order valence-electron chi connectivity index (χ3n) is 2.92. The molecule has 0 aromatic heterocycles. The van der Waals surface area contributed by atoms with Gasteiger partial charge in [0.25, 0.3) is 0 Å². The maximum atomic E-state index is 13.7. The number of anilines is 2. The molecule has 0 saturated heterocycles. The molecule has 92 valence electrons. The van der Waals surface area contributed by atoms with E-state index in [1.54, 1.807) is 6.07 Å². The van der Waals surface area contributed by atoms with E-state index < -0.39 is 0 Å². The lowest BCUT2D eigenvalue weighted by Crippen LogP contribution is -2.42. The highest BCUT2D eigenvalue weighted by Gasteiger charge is 2.28. The fourth-order valence-electron chi connectivity index (χ4n) is 2.09. The van der Waals surface area contributed by atoms with Gasteiger partial charge >= 0.3 is 0 Å². The van der Waals surface area contributed by atoms with Crippen LogP contribution in [0.15, 0.2) is 18.2 Å². The van der Waals surface area contributed by atoms with Gasteiger partial charge in [-0.15, -0.1) is 0 Å². The highest BCUT2D eigenvalue weighted by Crippen LogP contribution is 2.35. The Morgan fingerprint density at radius 3 is 2.71 bits per heavy atom. The molecule has 1 aliphatic rings. The third kappa shape index (κ3) is 2.25. The van der Waals surface area contributed by atoms with Crippen molar-refractivity contribution in [1.82, 2.24) is 0 Å². The van der Waals surface area contributed by atoms with Crippen LogP contribution in [-0.2, 0) is 4.79 Å². The molecule has 0 bridgehead atoms. The number of carbonyl (C=O) groups excluding carboxylic acids is 1. The maximum absolute atomic E-state index is 13.7. The van der Waals surface area contributed by atoms with Crippen LogP contribution in [0.4, 0.5) is 15.8 Å². The normalized spacial score (nSPS) is 16.2. The lowest BCUT2D eigenvalue weighted by molar-refractivity contribution is -0.116. The van der Waals surface area contributed by atoms with Crippen LogP contribution in [0.25, 0.3) is 0 Å². The first-order valence-corrected chi connectivity index (χ1v) is 5.75. The van der Waals surface area contributed by atoms with E-state index in [-0.39, 0.29) is 17.3 Å². The molecular weight excluding hydrogens is 219 g/mol. The van der Waals surface area contributed by atoms with Gasteiger partial charge in [0.2, 0.25) is 5.91 Å². The van der Waals surface area contributed by atoms with E-state index in [1.165, 1.54) is 6.07 Å². The smallest absolute Gasteiger partial charge is 0.226 e. The second kappa shape index (κ2) is 4.02. The van der Waals surface area contributed by atoms with E-state index in [1.807, 2.05) is 6.07 Å². The van der Waals surface area contributed by atoms with Crippen molar-refractivity contribution in [3.63, 3.8) is 0 Å². The van der Waals surface area contributed by atoms with Gasteiger partial charge in [-0.25, -0.2) is 4.39 Å². The number of nitrogens with zero attached hydrogens (tertiary/aromatic N) is 1. The molecule has 17 heavy (non-hydrogen) atoms. The zero-order valence-corrected chi connectivity index (χ0v) is 10.4. The minimum Gasteiger partial charge on any atom is -0.364 e. The average Bonchev–Trinajstić information content (AvgIpc) is 2.37. The summed E-state index contributed by atoms with van der Waals surface area (Å²) in [7, 11) is 0. The Hall–Kier alpha value is -1.58. The Kier molecular flexibility index (Phi) is 2.81. The number of amides is 1. The van der Waals surface area contributed by atoms with Gasteiger partial charge in [0.1, 0.15) is 11.5 Å². The predicted octanol–water partition coefficient (Wildman–Crippen LogP) is 2.77. The Balaban J connectivity index is 2.54. The molecule has 0 atom stereocenters. The number of hydrogen-bond acceptors (Lipinski definition) is 2. The van der Waals surface area contributed by atoms with Crippen molar-refractivity contribution in [3.8, 4) is 0 Å². The fraction of sp³-hybridized carbons (Fsp3) is 0.462. The quantitative estimate of drug-likeness (QED) is 0.751.